The molecule has 3 heterocycles. The minimum Gasteiger partial charge on any atom is -0.469 e. The van der Waals surface area contributed by atoms with Crippen molar-refractivity contribution in [2.24, 2.45) is 0 Å². The molecule has 10 heteroatoms. The second-order valence-corrected chi connectivity index (χ2v) is 5.01. The van der Waals surface area contributed by atoms with Crippen molar-refractivity contribution in [1.29, 1.82) is 0 Å². The molecule has 0 aliphatic heterocycles. The maximum atomic E-state index is 12.6. The summed E-state index contributed by atoms with van der Waals surface area (Å²) in [5, 5.41) is 7.46. The van der Waals surface area contributed by atoms with Gasteiger partial charge in [-0.05, 0) is 19.1 Å². The van der Waals surface area contributed by atoms with Crippen LogP contribution >= 0.6 is 11.8 Å². The van der Waals surface area contributed by atoms with Gasteiger partial charge in [-0.1, -0.05) is 0 Å². The Kier molecular flexibility index (Phi) is 3.61. The maximum absolute atomic E-state index is 12.6. The lowest BCUT2D eigenvalue weighted by Crippen LogP contribution is -2.08. The quantitative estimate of drug-likeness (QED) is 0.680. The van der Waals surface area contributed by atoms with Gasteiger partial charge in [0.15, 0.2) is 5.16 Å². The summed E-state index contributed by atoms with van der Waals surface area (Å²) in [6.07, 6.45) is -2.04. The van der Waals surface area contributed by atoms with E-state index in [1.807, 2.05) is 0 Å². The van der Waals surface area contributed by atoms with Gasteiger partial charge in [0, 0.05) is 18.0 Å². The summed E-state index contributed by atoms with van der Waals surface area (Å²) in [6.45, 7) is 1.72. The van der Waals surface area contributed by atoms with Gasteiger partial charge in [-0.15, -0.1) is 10.2 Å². The van der Waals surface area contributed by atoms with E-state index in [2.05, 4.69) is 20.2 Å². The molecule has 0 aromatic carbocycles. The van der Waals surface area contributed by atoms with E-state index >= 15 is 0 Å². The first-order valence-electron chi connectivity index (χ1n) is 5.89. The molecule has 0 saturated heterocycles. The third kappa shape index (κ3) is 2.96. The Labute approximate surface area is 125 Å². The smallest absolute Gasteiger partial charge is 0.433 e. The lowest BCUT2D eigenvalue weighted by atomic mass is 10.3. The van der Waals surface area contributed by atoms with Crippen LogP contribution in [0.5, 0.6) is 0 Å². The highest BCUT2D eigenvalue weighted by Crippen LogP contribution is 2.31. The summed E-state index contributed by atoms with van der Waals surface area (Å²) >= 11 is 0.749. The Balaban J connectivity index is 1.83. The van der Waals surface area contributed by atoms with Gasteiger partial charge in [0.1, 0.15) is 11.5 Å². The Morgan fingerprint density at radius 1 is 1.18 bits per heavy atom. The molecule has 22 heavy (non-hydrogen) atoms. The summed E-state index contributed by atoms with van der Waals surface area (Å²) in [6, 6.07) is 2.44. The van der Waals surface area contributed by atoms with Crippen molar-refractivity contribution in [2.45, 2.75) is 23.5 Å². The predicted octanol–water partition coefficient (Wildman–Crippen LogP) is 3.60. The summed E-state index contributed by atoms with van der Waals surface area (Å²) in [5.41, 5.74) is -0.417. The number of rotatable bonds is 3. The van der Waals surface area contributed by atoms with E-state index in [1.54, 1.807) is 13.0 Å². The Bertz CT molecular complexity index is 800. The van der Waals surface area contributed by atoms with Crippen LogP contribution < -0.4 is 0 Å². The van der Waals surface area contributed by atoms with E-state index in [1.165, 1.54) is 6.26 Å². The van der Waals surface area contributed by atoms with Crippen molar-refractivity contribution in [3.63, 3.8) is 0 Å². The van der Waals surface area contributed by atoms with Gasteiger partial charge in [0.2, 0.25) is 0 Å². The largest absolute Gasteiger partial charge is 0.469 e. The minimum absolute atomic E-state index is 0.0370. The van der Waals surface area contributed by atoms with Gasteiger partial charge in [-0.2, -0.15) is 13.2 Å². The van der Waals surface area contributed by atoms with E-state index in [0.717, 1.165) is 24.0 Å². The lowest BCUT2D eigenvalue weighted by molar-refractivity contribution is -0.141. The average molecular weight is 328 g/mol. The van der Waals surface area contributed by atoms with E-state index in [9.17, 15) is 13.2 Å². The zero-order valence-corrected chi connectivity index (χ0v) is 11.8. The molecule has 0 aliphatic carbocycles. The summed E-state index contributed by atoms with van der Waals surface area (Å²) in [5.74, 6) is 0.802. The van der Waals surface area contributed by atoms with Gasteiger partial charge < -0.3 is 8.83 Å². The number of halogens is 3. The van der Waals surface area contributed by atoms with Crippen LogP contribution in [0.2, 0.25) is 0 Å². The van der Waals surface area contributed by atoms with Crippen molar-refractivity contribution in [2.75, 3.05) is 0 Å². The summed E-state index contributed by atoms with van der Waals surface area (Å²) in [4.78, 5) is 7.15. The molecule has 0 saturated carbocycles. The molecular weight excluding hydrogens is 321 g/mol. The fourth-order valence-electron chi connectivity index (χ4n) is 1.59. The summed E-state index contributed by atoms with van der Waals surface area (Å²) < 4.78 is 48.2. The Hall–Kier alpha value is -2.36. The first-order valence-corrected chi connectivity index (χ1v) is 6.71. The molecule has 0 amide bonds. The highest BCUT2D eigenvalue weighted by atomic mass is 32.2. The van der Waals surface area contributed by atoms with Crippen molar-refractivity contribution >= 4 is 11.8 Å². The van der Waals surface area contributed by atoms with Gasteiger partial charge in [0.25, 0.3) is 11.1 Å². The Morgan fingerprint density at radius 2 is 2.00 bits per heavy atom. The van der Waals surface area contributed by atoms with E-state index in [-0.39, 0.29) is 16.3 Å². The molecule has 3 rings (SSSR count). The predicted molar refractivity (Wildman–Crippen MR) is 67.9 cm³/mol. The first kappa shape index (κ1) is 14.6. The number of aryl methyl sites for hydroxylation is 1. The van der Waals surface area contributed by atoms with Crippen LogP contribution in [-0.2, 0) is 6.18 Å². The Morgan fingerprint density at radius 3 is 2.68 bits per heavy atom. The monoisotopic (exact) mass is 328 g/mol. The van der Waals surface area contributed by atoms with Gasteiger partial charge >= 0.3 is 6.18 Å². The van der Waals surface area contributed by atoms with Crippen molar-refractivity contribution < 1.29 is 22.0 Å². The molecule has 0 aliphatic rings. The number of hydrogen-bond acceptors (Lipinski definition) is 7. The van der Waals surface area contributed by atoms with Crippen LogP contribution in [0, 0.1) is 6.92 Å². The van der Waals surface area contributed by atoms with Gasteiger partial charge in [0.05, 0.1) is 11.8 Å². The fraction of sp³-hybridized carbons (Fsp3) is 0.167. The molecule has 0 radical (unpaired) electrons. The van der Waals surface area contributed by atoms with E-state index in [0.29, 0.717) is 11.3 Å². The maximum Gasteiger partial charge on any atom is 0.433 e. The third-order valence-electron chi connectivity index (χ3n) is 2.60. The summed E-state index contributed by atoms with van der Waals surface area (Å²) in [7, 11) is 0. The van der Waals surface area contributed by atoms with Crippen LogP contribution in [0.3, 0.4) is 0 Å². The van der Waals surface area contributed by atoms with E-state index in [4.69, 9.17) is 8.83 Å². The molecule has 6 nitrogen and oxygen atoms in total. The molecule has 3 aromatic rings. The molecule has 0 bridgehead atoms. The molecular formula is C12H7F3N4O2S. The van der Waals surface area contributed by atoms with Crippen molar-refractivity contribution in [1.82, 2.24) is 20.2 Å². The van der Waals surface area contributed by atoms with Crippen LogP contribution in [0.15, 0.2) is 43.8 Å². The highest BCUT2D eigenvalue weighted by molar-refractivity contribution is 7.98. The standard InChI is InChI=1S/C12H7F3N4O2S/c1-6-7(3-5-20-6)9-18-19-11(21-9)22-10-16-4-2-8(17-10)12(13,14)15/h2-5H,1H3. The van der Waals surface area contributed by atoms with Crippen LogP contribution in [-0.4, -0.2) is 20.2 Å². The second kappa shape index (κ2) is 5.44. The molecule has 0 N–H and O–H groups in total. The number of hydrogen-bond donors (Lipinski definition) is 0. The third-order valence-corrected chi connectivity index (χ3v) is 3.32. The fourth-order valence-corrected chi connectivity index (χ4v) is 2.21. The molecule has 3 aromatic heterocycles. The van der Waals surface area contributed by atoms with Gasteiger partial charge in [-0.25, -0.2) is 9.97 Å². The second-order valence-electron chi connectivity index (χ2n) is 4.09. The number of nitrogens with zero attached hydrogens (tertiary/aromatic N) is 4. The van der Waals surface area contributed by atoms with Crippen molar-refractivity contribution in [3.8, 4) is 11.5 Å². The van der Waals surface area contributed by atoms with Crippen LogP contribution in [0.1, 0.15) is 11.5 Å². The van der Waals surface area contributed by atoms with E-state index < -0.39 is 11.9 Å². The van der Waals surface area contributed by atoms with Crippen LogP contribution in [0.25, 0.3) is 11.5 Å². The molecule has 0 spiro atoms. The minimum atomic E-state index is -4.54. The molecule has 114 valence electrons. The zero-order chi connectivity index (χ0) is 15.7. The van der Waals surface area contributed by atoms with Gasteiger partial charge in [-0.3, -0.25) is 0 Å². The normalized spacial score (nSPS) is 11.8. The topological polar surface area (TPSA) is 77.8 Å². The zero-order valence-electron chi connectivity index (χ0n) is 11.0. The van der Waals surface area contributed by atoms with Crippen molar-refractivity contribution in [3.05, 3.63) is 36.0 Å². The number of furan rings is 1. The molecule has 0 atom stereocenters. The number of aromatic nitrogens is 4. The highest BCUT2D eigenvalue weighted by Gasteiger charge is 2.33. The lowest BCUT2D eigenvalue weighted by Gasteiger charge is -2.05. The molecule has 0 fully saturated rings. The molecule has 0 unspecified atom stereocenters. The average Bonchev–Trinajstić information content (AvgIpc) is 3.07. The number of alkyl halides is 3. The van der Waals surface area contributed by atoms with Crippen LogP contribution in [0.4, 0.5) is 13.2 Å². The SMILES string of the molecule is Cc1occc1-c1nnc(Sc2nccc(C(F)(F)F)n2)o1. The first-order chi connectivity index (χ1) is 10.4.